The van der Waals surface area contributed by atoms with Crippen LogP contribution in [0.2, 0.25) is 5.02 Å². The van der Waals surface area contributed by atoms with E-state index in [9.17, 15) is 4.79 Å². The number of carbonyl (C=O) groups is 1. The predicted octanol–water partition coefficient (Wildman–Crippen LogP) is 3.99. The van der Waals surface area contributed by atoms with Gasteiger partial charge in [-0.1, -0.05) is 35.9 Å². The van der Waals surface area contributed by atoms with Gasteiger partial charge < -0.3 is 10.0 Å². The van der Waals surface area contributed by atoms with Crippen molar-refractivity contribution < 1.29 is 9.90 Å². The number of fused-ring (bicyclic) bond motifs is 1. The SMILES string of the molecule is O=C(O)c1ccc(N2CCCc3ccccc3C2)c(Cl)c1. The van der Waals surface area contributed by atoms with E-state index in [2.05, 4.69) is 29.2 Å². The zero-order chi connectivity index (χ0) is 14.8. The van der Waals surface area contributed by atoms with Gasteiger partial charge in [-0.05, 0) is 42.2 Å². The molecule has 0 spiro atoms. The molecular formula is C17H16ClNO2. The number of halogens is 1. The number of aryl methyl sites for hydroxylation is 1. The first-order valence-corrected chi connectivity index (χ1v) is 7.37. The van der Waals surface area contributed by atoms with Crippen LogP contribution in [0.25, 0.3) is 0 Å². The Balaban J connectivity index is 1.92. The second kappa shape index (κ2) is 5.78. The fraction of sp³-hybridized carbons (Fsp3) is 0.235. The number of aromatic carboxylic acids is 1. The molecule has 1 aliphatic heterocycles. The number of carboxylic acid groups (broad SMARTS) is 1. The monoisotopic (exact) mass is 301 g/mol. The fourth-order valence-corrected chi connectivity index (χ4v) is 3.10. The number of hydrogen-bond acceptors (Lipinski definition) is 2. The molecule has 0 bridgehead atoms. The van der Waals surface area contributed by atoms with Crippen molar-refractivity contribution in [3.63, 3.8) is 0 Å². The number of nitrogens with zero attached hydrogens (tertiary/aromatic N) is 1. The molecule has 0 radical (unpaired) electrons. The maximum atomic E-state index is 11.0. The molecule has 1 aliphatic rings. The third-order valence-electron chi connectivity index (χ3n) is 3.89. The zero-order valence-corrected chi connectivity index (χ0v) is 12.3. The lowest BCUT2D eigenvalue weighted by Gasteiger charge is -2.24. The van der Waals surface area contributed by atoms with Gasteiger partial charge in [0.25, 0.3) is 0 Å². The zero-order valence-electron chi connectivity index (χ0n) is 11.6. The molecule has 4 heteroatoms. The maximum absolute atomic E-state index is 11.0. The summed E-state index contributed by atoms with van der Waals surface area (Å²) in [5, 5.41) is 9.51. The molecule has 0 saturated heterocycles. The van der Waals surface area contributed by atoms with Gasteiger partial charge in [0, 0.05) is 13.1 Å². The molecule has 0 aromatic heterocycles. The highest BCUT2D eigenvalue weighted by molar-refractivity contribution is 6.33. The summed E-state index contributed by atoms with van der Waals surface area (Å²) >= 11 is 6.28. The van der Waals surface area contributed by atoms with Crippen molar-refractivity contribution in [1.29, 1.82) is 0 Å². The summed E-state index contributed by atoms with van der Waals surface area (Å²) in [4.78, 5) is 13.2. The van der Waals surface area contributed by atoms with Gasteiger partial charge in [0.15, 0.2) is 0 Å². The number of anilines is 1. The van der Waals surface area contributed by atoms with Crippen LogP contribution in [0.15, 0.2) is 42.5 Å². The first-order chi connectivity index (χ1) is 10.1. The average Bonchev–Trinajstić information content (AvgIpc) is 2.69. The van der Waals surface area contributed by atoms with E-state index in [1.807, 2.05) is 0 Å². The molecule has 0 fully saturated rings. The molecule has 0 amide bonds. The fourth-order valence-electron chi connectivity index (χ4n) is 2.80. The number of carboxylic acids is 1. The lowest BCUT2D eigenvalue weighted by Crippen LogP contribution is -2.22. The first kappa shape index (κ1) is 14.0. The van der Waals surface area contributed by atoms with Crippen molar-refractivity contribution in [3.05, 3.63) is 64.2 Å². The molecule has 2 aromatic rings. The van der Waals surface area contributed by atoms with Crippen molar-refractivity contribution >= 4 is 23.3 Å². The van der Waals surface area contributed by atoms with Gasteiger partial charge in [-0.15, -0.1) is 0 Å². The molecule has 0 saturated carbocycles. The molecule has 108 valence electrons. The van der Waals surface area contributed by atoms with E-state index in [4.69, 9.17) is 16.7 Å². The Hall–Kier alpha value is -2.00. The summed E-state index contributed by atoms with van der Waals surface area (Å²) in [6, 6.07) is 13.4. The topological polar surface area (TPSA) is 40.5 Å². The third kappa shape index (κ3) is 2.88. The van der Waals surface area contributed by atoms with Crippen LogP contribution < -0.4 is 4.90 Å². The second-order valence-corrected chi connectivity index (χ2v) is 5.67. The minimum Gasteiger partial charge on any atom is -0.478 e. The summed E-state index contributed by atoms with van der Waals surface area (Å²) < 4.78 is 0. The van der Waals surface area contributed by atoms with Gasteiger partial charge in [-0.2, -0.15) is 0 Å². The van der Waals surface area contributed by atoms with E-state index in [1.165, 1.54) is 17.2 Å². The quantitative estimate of drug-likeness (QED) is 0.911. The molecule has 0 aliphatic carbocycles. The lowest BCUT2D eigenvalue weighted by molar-refractivity contribution is 0.0697. The molecule has 3 nitrogen and oxygen atoms in total. The summed E-state index contributed by atoms with van der Waals surface area (Å²) in [6.07, 6.45) is 2.13. The average molecular weight is 302 g/mol. The van der Waals surface area contributed by atoms with Gasteiger partial charge in [-0.3, -0.25) is 0 Å². The molecule has 0 atom stereocenters. The molecule has 1 N–H and O–H groups in total. The minimum atomic E-state index is -0.954. The predicted molar refractivity (Wildman–Crippen MR) is 84.2 cm³/mol. The Bertz CT molecular complexity index is 684. The molecule has 21 heavy (non-hydrogen) atoms. The largest absolute Gasteiger partial charge is 0.478 e. The molecule has 2 aromatic carbocycles. The Morgan fingerprint density at radius 2 is 1.90 bits per heavy atom. The van der Waals surface area contributed by atoms with Crippen molar-refractivity contribution in [2.45, 2.75) is 19.4 Å². The summed E-state index contributed by atoms with van der Waals surface area (Å²) in [5.41, 5.74) is 3.82. The van der Waals surface area contributed by atoms with Crippen LogP contribution in [-0.2, 0) is 13.0 Å². The third-order valence-corrected chi connectivity index (χ3v) is 4.19. The summed E-state index contributed by atoms with van der Waals surface area (Å²) in [5.74, 6) is -0.954. The number of rotatable bonds is 2. The molecule has 1 heterocycles. The van der Waals surface area contributed by atoms with Gasteiger partial charge in [0.05, 0.1) is 16.3 Å². The van der Waals surface area contributed by atoms with Crippen LogP contribution in [0.4, 0.5) is 5.69 Å². The van der Waals surface area contributed by atoms with E-state index in [0.717, 1.165) is 31.6 Å². The standard InChI is InChI=1S/C17H16ClNO2/c18-15-10-13(17(20)21)7-8-16(15)19-9-3-6-12-4-1-2-5-14(12)11-19/h1-2,4-5,7-8,10H,3,6,9,11H2,(H,20,21). The Kier molecular flexibility index (Phi) is 3.84. The Morgan fingerprint density at radius 3 is 2.62 bits per heavy atom. The van der Waals surface area contributed by atoms with E-state index in [-0.39, 0.29) is 5.56 Å². The molecule has 3 rings (SSSR count). The van der Waals surface area contributed by atoms with Crippen LogP contribution in [0.5, 0.6) is 0 Å². The van der Waals surface area contributed by atoms with Crippen LogP contribution in [0.1, 0.15) is 27.9 Å². The summed E-state index contributed by atoms with van der Waals surface area (Å²) in [6.45, 7) is 1.73. The highest BCUT2D eigenvalue weighted by atomic mass is 35.5. The lowest BCUT2D eigenvalue weighted by atomic mass is 10.0. The highest BCUT2D eigenvalue weighted by Gasteiger charge is 2.17. The normalized spacial score (nSPS) is 14.4. The van der Waals surface area contributed by atoms with E-state index in [0.29, 0.717) is 5.02 Å². The molecular weight excluding hydrogens is 286 g/mol. The van der Waals surface area contributed by atoms with Crippen molar-refractivity contribution in [2.75, 3.05) is 11.4 Å². The number of benzene rings is 2. The van der Waals surface area contributed by atoms with Crippen molar-refractivity contribution in [3.8, 4) is 0 Å². The molecule has 0 unspecified atom stereocenters. The first-order valence-electron chi connectivity index (χ1n) is 7.00. The Morgan fingerprint density at radius 1 is 1.14 bits per heavy atom. The van der Waals surface area contributed by atoms with Crippen LogP contribution >= 0.6 is 11.6 Å². The van der Waals surface area contributed by atoms with Crippen LogP contribution in [-0.4, -0.2) is 17.6 Å². The van der Waals surface area contributed by atoms with Gasteiger partial charge >= 0.3 is 5.97 Å². The highest BCUT2D eigenvalue weighted by Crippen LogP contribution is 2.30. The smallest absolute Gasteiger partial charge is 0.335 e. The van der Waals surface area contributed by atoms with Gasteiger partial charge in [0.2, 0.25) is 0 Å². The van der Waals surface area contributed by atoms with Crippen LogP contribution in [0, 0.1) is 0 Å². The van der Waals surface area contributed by atoms with Crippen LogP contribution in [0.3, 0.4) is 0 Å². The van der Waals surface area contributed by atoms with E-state index >= 15 is 0 Å². The van der Waals surface area contributed by atoms with E-state index < -0.39 is 5.97 Å². The summed E-state index contributed by atoms with van der Waals surface area (Å²) in [7, 11) is 0. The minimum absolute atomic E-state index is 0.221. The van der Waals surface area contributed by atoms with Crippen molar-refractivity contribution in [2.24, 2.45) is 0 Å². The Labute approximate surface area is 128 Å². The van der Waals surface area contributed by atoms with Gasteiger partial charge in [0.1, 0.15) is 0 Å². The maximum Gasteiger partial charge on any atom is 0.335 e. The van der Waals surface area contributed by atoms with Gasteiger partial charge in [-0.25, -0.2) is 4.79 Å². The van der Waals surface area contributed by atoms with Crippen molar-refractivity contribution in [1.82, 2.24) is 0 Å². The number of hydrogen-bond donors (Lipinski definition) is 1. The second-order valence-electron chi connectivity index (χ2n) is 5.27. The van der Waals surface area contributed by atoms with E-state index in [1.54, 1.807) is 12.1 Å².